The summed E-state index contributed by atoms with van der Waals surface area (Å²) in [6.07, 6.45) is 0.644. The molecule has 0 saturated carbocycles. The Labute approximate surface area is 160 Å². The van der Waals surface area contributed by atoms with E-state index in [4.69, 9.17) is 4.74 Å². The number of rotatable bonds is 3. The van der Waals surface area contributed by atoms with Gasteiger partial charge in [0.05, 0.1) is 11.9 Å². The lowest BCUT2D eigenvalue weighted by molar-refractivity contribution is -0.122. The van der Waals surface area contributed by atoms with Gasteiger partial charge in [-0.2, -0.15) is 0 Å². The number of benzene rings is 2. The second-order valence-corrected chi connectivity index (χ2v) is 8.86. The van der Waals surface area contributed by atoms with Crippen LogP contribution in [0.15, 0.2) is 36.4 Å². The molecule has 1 aliphatic heterocycles. The quantitative estimate of drug-likeness (QED) is 0.876. The van der Waals surface area contributed by atoms with Crippen LogP contribution in [0.4, 0.5) is 11.4 Å². The average Bonchev–Trinajstić information content (AvgIpc) is 2.77. The van der Waals surface area contributed by atoms with Gasteiger partial charge in [0.2, 0.25) is 10.0 Å². The molecule has 1 amide bonds. The van der Waals surface area contributed by atoms with Gasteiger partial charge in [-0.15, -0.1) is 0 Å². The molecule has 0 unspecified atom stereocenters. The number of aryl methyl sites for hydroxylation is 3. The van der Waals surface area contributed by atoms with Crippen molar-refractivity contribution in [3.05, 3.63) is 53.1 Å². The molecule has 1 heterocycles. The number of fused-ring (bicyclic) bond motifs is 1. The number of carbonyl (C=O) groups is 1. The van der Waals surface area contributed by atoms with Crippen LogP contribution in [-0.4, -0.2) is 33.2 Å². The van der Waals surface area contributed by atoms with Gasteiger partial charge < -0.3 is 10.1 Å². The molecule has 0 saturated heterocycles. The highest BCUT2D eigenvalue weighted by Gasteiger charge is 2.31. The molecule has 0 aromatic heterocycles. The van der Waals surface area contributed by atoms with Crippen LogP contribution in [0.2, 0.25) is 0 Å². The third kappa shape index (κ3) is 4.08. The molecule has 0 bridgehead atoms. The number of para-hydroxylation sites is 1. The van der Waals surface area contributed by atoms with Gasteiger partial charge in [-0.3, -0.25) is 9.10 Å². The van der Waals surface area contributed by atoms with Gasteiger partial charge in [-0.1, -0.05) is 24.3 Å². The van der Waals surface area contributed by atoms with Crippen LogP contribution in [0.1, 0.15) is 23.1 Å². The Morgan fingerprint density at radius 1 is 1.15 bits per heavy atom. The van der Waals surface area contributed by atoms with Crippen LogP contribution in [0.5, 0.6) is 5.75 Å². The first-order chi connectivity index (χ1) is 12.7. The lowest BCUT2D eigenvalue weighted by Gasteiger charge is -2.21. The highest BCUT2D eigenvalue weighted by molar-refractivity contribution is 7.92. The topological polar surface area (TPSA) is 75.7 Å². The first-order valence-electron chi connectivity index (χ1n) is 8.79. The fourth-order valence-electron chi connectivity index (χ4n) is 3.23. The van der Waals surface area contributed by atoms with E-state index in [2.05, 4.69) is 5.32 Å². The standard InChI is InChI=1S/C20H24N2O4S/c1-13-8-9-17-16(12-13)22(27(4,24)25)11-10-18(26-17)20(23)21-19-14(2)6-5-7-15(19)3/h5-9,12,18H,10-11H2,1-4H3,(H,21,23)/t18-/m0/s1. The number of amides is 1. The van der Waals surface area contributed by atoms with E-state index in [-0.39, 0.29) is 18.9 Å². The minimum Gasteiger partial charge on any atom is -0.478 e. The number of hydrogen-bond donors (Lipinski definition) is 1. The molecule has 0 fully saturated rings. The zero-order chi connectivity index (χ0) is 19.8. The molecule has 2 aromatic carbocycles. The largest absolute Gasteiger partial charge is 0.478 e. The highest BCUT2D eigenvalue weighted by Crippen LogP contribution is 2.35. The van der Waals surface area contributed by atoms with E-state index in [1.54, 1.807) is 12.1 Å². The van der Waals surface area contributed by atoms with Gasteiger partial charge in [-0.05, 0) is 49.6 Å². The maximum Gasteiger partial charge on any atom is 0.265 e. The third-order valence-corrected chi connectivity index (χ3v) is 5.85. The summed E-state index contributed by atoms with van der Waals surface area (Å²) < 4.78 is 31.7. The molecule has 0 radical (unpaired) electrons. The van der Waals surface area contributed by atoms with Crippen molar-refractivity contribution >= 4 is 27.3 Å². The molecule has 1 aliphatic rings. The highest BCUT2D eigenvalue weighted by atomic mass is 32.2. The summed E-state index contributed by atoms with van der Waals surface area (Å²) in [6, 6.07) is 11.1. The van der Waals surface area contributed by atoms with Crippen molar-refractivity contribution in [1.82, 2.24) is 0 Å². The van der Waals surface area contributed by atoms with Crippen molar-refractivity contribution in [2.24, 2.45) is 0 Å². The lowest BCUT2D eigenvalue weighted by atomic mass is 10.1. The molecule has 6 nitrogen and oxygen atoms in total. The number of nitrogens with zero attached hydrogens (tertiary/aromatic N) is 1. The van der Waals surface area contributed by atoms with Crippen LogP contribution in [-0.2, 0) is 14.8 Å². The van der Waals surface area contributed by atoms with Gasteiger partial charge in [0, 0.05) is 18.7 Å². The van der Waals surface area contributed by atoms with Crippen molar-refractivity contribution in [2.75, 3.05) is 22.4 Å². The summed E-state index contributed by atoms with van der Waals surface area (Å²) in [7, 11) is -3.48. The lowest BCUT2D eigenvalue weighted by Crippen LogP contribution is -2.36. The minimum absolute atomic E-state index is 0.181. The van der Waals surface area contributed by atoms with E-state index in [0.29, 0.717) is 11.4 Å². The fraction of sp³-hybridized carbons (Fsp3) is 0.350. The van der Waals surface area contributed by atoms with Gasteiger partial charge >= 0.3 is 0 Å². The molecular weight excluding hydrogens is 364 g/mol. The normalized spacial score (nSPS) is 16.9. The molecule has 27 heavy (non-hydrogen) atoms. The molecule has 0 spiro atoms. The van der Waals surface area contributed by atoms with Gasteiger partial charge in [0.1, 0.15) is 5.75 Å². The summed E-state index contributed by atoms with van der Waals surface area (Å²) in [5.41, 5.74) is 4.08. The van der Waals surface area contributed by atoms with Crippen molar-refractivity contribution in [1.29, 1.82) is 0 Å². The van der Waals surface area contributed by atoms with Crippen LogP contribution in [0.3, 0.4) is 0 Å². The van der Waals surface area contributed by atoms with E-state index in [1.165, 1.54) is 4.31 Å². The summed E-state index contributed by atoms with van der Waals surface area (Å²) >= 11 is 0. The van der Waals surface area contributed by atoms with Crippen molar-refractivity contribution in [2.45, 2.75) is 33.3 Å². The van der Waals surface area contributed by atoms with Crippen LogP contribution in [0, 0.1) is 20.8 Å². The van der Waals surface area contributed by atoms with Crippen LogP contribution < -0.4 is 14.4 Å². The second-order valence-electron chi connectivity index (χ2n) is 6.96. The molecular formula is C20H24N2O4S. The number of ether oxygens (including phenoxy) is 1. The Kier molecular flexibility index (Phi) is 5.15. The maximum atomic E-state index is 12.9. The zero-order valence-electron chi connectivity index (χ0n) is 15.9. The van der Waals surface area contributed by atoms with E-state index < -0.39 is 16.1 Å². The van der Waals surface area contributed by atoms with Crippen molar-refractivity contribution in [3.63, 3.8) is 0 Å². The first-order valence-corrected chi connectivity index (χ1v) is 10.6. The van der Waals surface area contributed by atoms with E-state index in [0.717, 1.165) is 28.6 Å². The molecule has 1 atom stereocenters. The predicted octanol–water partition coefficient (Wildman–Crippen LogP) is 3.17. The molecule has 3 rings (SSSR count). The third-order valence-electron chi connectivity index (χ3n) is 4.67. The molecule has 144 valence electrons. The first kappa shape index (κ1) is 19.2. The number of hydrogen-bond acceptors (Lipinski definition) is 4. The Morgan fingerprint density at radius 2 is 1.81 bits per heavy atom. The number of sulfonamides is 1. The van der Waals surface area contributed by atoms with Gasteiger partial charge in [0.25, 0.3) is 5.91 Å². The SMILES string of the molecule is Cc1ccc2c(c1)N(S(C)(=O)=O)CC[C@@H](C(=O)Nc1c(C)cccc1C)O2. The molecule has 7 heteroatoms. The fourth-order valence-corrected chi connectivity index (χ4v) is 4.17. The van der Waals surface area contributed by atoms with Crippen LogP contribution in [0.25, 0.3) is 0 Å². The monoisotopic (exact) mass is 388 g/mol. The van der Waals surface area contributed by atoms with E-state index in [1.807, 2.05) is 45.0 Å². The second kappa shape index (κ2) is 7.23. The molecule has 0 aliphatic carbocycles. The average molecular weight is 388 g/mol. The molecule has 2 aromatic rings. The summed E-state index contributed by atoms with van der Waals surface area (Å²) in [5.74, 6) is 0.111. The van der Waals surface area contributed by atoms with E-state index >= 15 is 0 Å². The van der Waals surface area contributed by atoms with Crippen molar-refractivity contribution < 1.29 is 17.9 Å². The zero-order valence-corrected chi connectivity index (χ0v) is 16.8. The smallest absolute Gasteiger partial charge is 0.265 e. The Balaban J connectivity index is 1.91. The number of carbonyl (C=O) groups excluding carboxylic acids is 1. The van der Waals surface area contributed by atoms with Gasteiger partial charge in [0.15, 0.2) is 6.10 Å². The van der Waals surface area contributed by atoms with Crippen molar-refractivity contribution in [3.8, 4) is 5.75 Å². The van der Waals surface area contributed by atoms with Crippen LogP contribution >= 0.6 is 0 Å². The maximum absolute atomic E-state index is 12.9. The minimum atomic E-state index is -3.48. The summed E-state index contributed by atoms with van der Waals surface area (Å²) in [5, 5.41) is 2.94. The summed E-state index contributed by atoms with van der Waals surface area (Å²) in [6.45, 7) is 5.93. The summed E-state index contributed by atoms with van der Waals surface area (Å²) in [4.78, 5) is 12.9. The Bertz CT molecular complexity index is 965. The Morgan fingerprint density at radius 3 is 2.44 bits per heavy atom. The predicted molar refractivity (Wildman–Crippen MR) is 107 cm³/mol. The van der Waals surface area contributed by atoms with E-state index in [9.17, 15) is 13.2 Å². The number of nitrogens with one attached hydrogen (secondary N) is 1. The molecule has 1 N–H and O–H groups in total. The van der Waals surface area contributed by atoms with Gasteiger partial charge in [-0.25, -0.2) is 8.42 Å². The number of anilines is 2. The Hall–Kier alpha value is -2.54.